The fourth-order valence-electron chi connectivity index (χ4n) is 3.82. The Bertz CT molecular complexity index is 764. The zero-order chi connectivity index (χ0) is 17.3. The number of piperidine rings is 1. The third kappa shape index (κ3) is 3.23. The van der Waals surface area contributed by atoms with E-state index in [2.05, 4.69) is 24.8 Å². The summed E-state index contributed by atoms with van der Waals surface area (Å²) in [5.41, 5.74) is 8.18. The molecule has 0 aliphatic carbocycles. The van der Waals surface area contributed by atoms with Crippen LogP contribution in [0.4, 0.5) is 15.9 Å². The van der Waals surface area contributed by atoms with Gasteiger partial charge in [0.2, 0.25) is 0 Å². The van der Waals surface area contributed by atoms with Gasteiger partial charge in [-0.05, 0) is 42.0 Å². The van der Waals surface area contributed by atoms with E-state index in [1.807, 2.05) is 10.6 Å². The van der Waals surface area contributed by atoms with Gasteiger partial charge in [-0.2, -0.15) is 5.26 Å². The van der Waals surface area contributed by atoms with Gasteiger partial charge in [0, 0.05) is 13.1 Å². The Balaban J connectivity index is 2.00. The maximum Gasteiger partial charge on any atom is 0.133 e. The molecule has 3 rings (SSSR count). The summed E-state index contributed by atoms with van der Waals surface area (Å²) in [6, 6.07) is 10.4. The first-order valence-electron chi connectivity index (χ1n) is 8.36. The molecule has 0 unspecified atom stereocenters. The molecule has 1 aliphatic heterocycles. The number of rotatable bonds is 3. The lowest BCUT2D eigenvalue weighted by atomic mass is 9.92. The third-order valence-corrected chi connectivity index (χ3v) is 4.61. The number of aromatic nitrogens is 1. The molecule has 0 amide bonds. The lowest BCUT2D eigenvalue weighted by molar-refractivity contribution is 0.353. The summed E-state index contributed by atoms with van der Waals surface area (Å²) in [6.45, 7) is 6.76. The van der Waals surface area contributed by atoms with E-state index in [4.69, 9.17) is 5.73 Å². The number of nitriles is 1. The van der Waals surface area contributed by atoms with Crippen molar-refractivity contribution in [2.45, 2.75) is 26.8 Å². The van der Waals surface area contributed by atoms with E-state index in [1.54, 1.807) is 12.1 Å². The molecule has 0 saturated carbocycles. The van der Waals surface area contributed by atoms with Gasteiger partial charge in [-0.3, -0.25) is 0 Å². The molecule has 0 radical (unpaired) electrons. The summed E-state index contributed by atoms with van der Waals surface area (Å²) in [5, 5.41) is 9.47. The fourth-order valence-corrected chi connectivity index (χ4v) is 3.82. The van der Waals surface area contributed by atoms with Crippen LogP contribution in [0.5, 0.6) is 0 Å². The highest BCUT2D eigenvalue weighted by molar-refractivity contribution is 5.68. The Kier molecular flexibility index (Phi) is 4.48. The second kappa shape index (κ2) is 6.56. The van der Waals surface area contributed by atoms with Crippen LogP contribution in [0, 0.1) is 29.0 Å². The highest BCUT2D eigenvalue weighted by atomic mass is 19.1. The highest BCUT2D eigenvalue weighted by Gasteiger charge is 2.27. The van der Waals surface area contributed by atoms with Crippen molar-refractivity contribution in [2.24, 2.45) is 11.8 Å². The molecule has 1 aromatic heterocycles. The van der Waals surface area contributed by atoms with Crippen LogP contribution in [0.15, 0.2) is 30.3 Å². The second-order valence-electron chi connectivity index (χ2n) is 6.99. The number of anilines is 2. The average Bonchev–Trinajstić information content (AvgIpc) is 2.82. The summed E-state index contributed by atoms with van der Waals surface area (Å²) in [5.74, 6) is 1.77. The van der Waals surface area contributed by atoms with Crippen LogP contribution >= 0.6 is 0 Å². The van der Waals surface area contributed by atoms with Crippen LogP contribution in [0.2, 0.25) is 0 Å². The highest BCUT2D eigenvalue weighted by Crippen LogP contribution is 2.33. The predicted octanol–water partition coefficient (Wildman–Crippen LogP) is 3.61. The van der Waals surface area contributed by atoms with E-state index in [1.165, 1.54) is 18.6 Å². The van der Waals surface area contributed by atoms with Gasteiger partial charge in [0.1, 0.15) is 23.4 Å². The summed E-state index contributed by atoms with van der Waals surface area (Å²) in [6.07, 6.45) is 1.20. The number of nitrogen functional groups attached to an aromatic ring is 1. The molecule has 2 atom stereocenters. The summed E-state index contributed by atoms with van der Waals surface area (Å²) in [7, 11) is 0. The van der Waals surface area contributed by atoms with Crippen molar-refractivity contribution < 1.29 is 4.39 Å². The number of hydrogen-bond acceptors (Lipinski definition) is 3. The minimum Gasteiger partial charge on any atom is -0.396 e. The molecule has 2 heterocycles. The molecule has 0 spiro atoms. The van der Waals surface area contributed by atoms with E-state index in [-0.39, 0.29) is 5.82 Å². The van der Waals surface area contributed by atoms with Gasteiger partial charge >= 0.3 is 0 Å². The van der Waals surface area contributed by atoms with E-state index in [9.17, 15) is 9.65 Å². The largest absolute Gasteiger partial charge is 0.396 e. The van der Waals surface area contributed by atoms with Crippen molar-refractivity contribution in [1.82, 2.24) is 4.57 Å². The maximum absolute atomic E-state index is 13.5. The van der Waals surface area contributed by atoms with Gasteiger partial charge in [-0.1, -0.05) is 26.0 Å². The molecule has 2 aromatic rings. The minimum absolute atomic E-state index is 0.270. The van der Waals surface area contributed by atoms with Crippen molar-refractivity contribution in [3.63, 3.8) is 0 Å². The first-order chi connectivity index (χ1) is 11.5. The molecule has 1 aromatic carbocycles. The van der Waals surface area contributed by atoms with Crippen molar-refractivity contribution in [3.8, 4) is 6.07 Å². The first kappa shape index (κ1) is 16.4. The molecule has 0 bridgehead atoms. The van der Waals surface area contributed by atoms with Gasteiger partial charge in [-0.25, -0.2) is 4.39 Å². The molecular formula is C19H23FN4. The number of nitrogens with zero attached hydrogens (tertiary/aromatic N) is 3. The van der Waals surface area contributed by atoms with Crippen molar-refractivity contribution in [1.29, 1.82) is 5.26 Å². The van der Waals surface area contributed by atoms with Crippen LogP contribution in [0.3, 0.4) is 0 Å². The van der Waals surface area contributed by atoms with Crippen LogP contribution in [0.25, 0.3) is 0 Å². The van der Waals surface area contributed by atoms with E-state index >= 15 is 0 Å². The summed E-state index contributed by atoms with van der Waals surface area (Å²) < 4.78 is 15.4. The number of nitrogens with two attached hydrogens (primary N) is 1. The molecular weight excluding hydrogens is 303 g/mol. The molecule has 126 valence electrons. The number of hydrogen-bond donors (Lipinski definition) is 1. The lowest BCUT2D eigenvalue weighted by Gasteiger charge is -2.37. The number of benzene rings is 1. The van der Waals surface area contributed by atoms with Crippen molar-refractivity contribution in [2.75, 3.05) is 23.7 Å². The minimum atomic E-state index is -0.270. The van der Waals surface area contributed by atoms with Gasteiger partial charge < -0.3 is 15.2 Å². The van der Waals surface area contributed by atoms with Crippen molar-refractivity contribution >= 4 is 11.5 Å². The maximum atomic E-state index is 13.5. The monoisotopic (exact) mass is 326 g/mol. The Morgan fingerprint density at radius 3 is 2.58 bits per heavy atom. The molecule has 24 heavy (non-hydrogen) atoms. The Morgan fingerprint density at radius 1 is 1.25 bits per heavy atom. The van der Waals surface area contributed by atoms with E-state index in [0.29, 0.717) is 29.8 Å². The standard InChI is InChI=1S/C19H23FN4/c1-13-6-14(2)11-23(10-13)19-18(22)8-17(9-21)24(19)12-15-4-3-5-16(20)7-15/h3-5,7-8,13-14H,6,10-12,22H2,1-2H3/t13-,14-/m1/s1. The Labute approximate surface area is 142 Å². The topological polar surface area (TPSA) is 58.0 Å². The van der Waals surface area contributed by atoms with E-state index in [0.717, 1.165) is 24.5 Å². The van der Waals surface area contributed by atoms with Gasteiger partial charge in [0.05, 0.1) is 12.2 Å². The summed E-state index contributed by atoms with van der Waals surface area (Å²) >= 11 is 0. The fraction of sp³-hybridized carbons (Fsp3) is 0.421. The number of halogens is 1. The molecule has 4 nitrogen and oxygen atoms in total. The smallest absolute Gasteiger partial charge is 0.133 e. The van der Waals surface area contributed by atoms with Gasteiger partial charge in [0.25, 0.3) is 0 Å². The van der Waals surface area contributed by atoms with Crippen LogP contribution in [-0.4, -0.2) is 17.7 Å². The van der Waals surface area contributed by atoms with Gasteiger partial charge in [-0.15, -0.1) is 0 Å². The normalized spacial score (nSPS) is 20.8. The molecule has 1 fully saturated rings. The molecule has 1 aliphatic rings. The third-order valence-electron chi connectivity index (χ3n) is 4.61. The molecule has 1 saturated heterocycles. The zero-order valence-corrected chi connectivity index (χ0v) is 14.2. The van der Waals surface area contributed by atoms with Crippen LogP contribution < -0.4 is 10.6 Å². The predicted molar refractivity (Wildman–Crippen MR) is 94.2 cm³/mol. The van der Waals surface area contributed by atoms with Crippen molar-refractivity contribution in [3.05, 3.63) is 47.4 Å². The lowest BCUT2D eigenvalue weighted by Crippen LogP contribution is -2.40. The summed E-state index contributed by atoms with van der Waals surface area (Å²) in [4.78, 5) is 2.27. The Morgan fingerprint density at radius 2 is 1.96 bits per heavy atom. The quantitative estimate of drug-likeness (QED) is 0.937. The van der Waals surface area contributed by atoms with Gasteiger partial charge in [0.15, 0.2) is 0 Å². The van der Waals surface area contributed by atoms with Crippen LogP contribution in [-0.2, 0) is 6.54 Å². The second-order valence-corrected chi connectivity index (χ2v) is 6.99. The zero-order valence-electron chi connectivity index (χ0n) is 14.2. The molecule has 5 heteroatoms. The SMILES string of the molecule is C[C@@H]1C[C@@H](C)CN(c2c(N)cc(C#N)n2Cc2cccc(F)c2)C1. The average molecular weight is 326 g/mol. The van der Waals surface area contributed by atoms with E-state index < -0.39 is 0 Å². The Hall–Kier alpha value is -2.48. The van der Waals surface area contributed by atoms with Crippen LogP contribution in [0.1, 0.15) is 31.5 Å². The molecule has 2 N–H and O–H groups in total. The first-order valence-corrected chi connectivity index (χ1v) is 8.36.